The van der Waals surface area contributed by atoms with Crippen LogP contribution in [0.2, 0.25) is 0 Å². The highest BCUT2D eigenvalue weighted by Gasteiger charge is 2.17. The van der Waals surface area contributed by atoms with Crippen LogP contribution in [0.4, 0.5) is 4.39 Å². The van der Waals surface area contributed by atoms with Crippen LogP contribution in [0.15, 0.2) is 29.2 Å². The molecule has 5 heteroatoms. The Bertz CT molecular complexity index is 505. The van der Waals surface area contributed by atoms with Crippen LogP contribution < -0.4 is 4.72 Å². The van der Waals surface area contributed by atoms with E-state index in [1.165, 1.54) is 18.2 Å². The Morgan fingerprint density at radius 2 is 2.25 bits per heavy atom. The summed E-state index contributed by atoms with van der Waals surface area (Å²) in [6.07, 6.45) is 5.62. The number of halogens is 1. The van der Waals surface area contributed by atoms with Gasteiger partial charge in [0, 0.05) is 0 Å². The second-order valence-corrected chi connectivity index (χ2v) is 4.92. The average molecular weight is 241 g/mol. The van der Waals surface area contributed by atoms with E-state index in [-0.39, 0.29) is 4.90 Å². The lowest BCUT2D eigenvalue weighted by molar-refractivity contribution is 0.567. The van der Waals surface area contributed by atoms with Crippen LogP contribution in [-0.2, 0) is 10.0 Å². The van der Waals surface area contributed by atoms with E-state index in [2.05, 4.69) is 10.6 Å². The van der Waals surface area contributed by atoms with Crippen molar-refractivity contribution in [2.75, 3.05) is 0 Å². The molecule has 0 aliphatic carbocycles. The van der Waals surface area contributed by atoms with Gasteiger partial charge in [0.2, 0.25) is 10.0 Å². The predicted molar refractivity (Wildman–Crippen MR) is 59.6 cm³/mol. The number of benzene rings is 1. The summed E-state index contributed by atoms with van der Waals surface area (Å²) in [4.78, 5) is -0.124. The molecule has 1 aromatic rings. The van der Waals surface area contributed by atoms with Gasteiger partial charge in [0.15, 0.2) is 0 Å². The second-order valence-electron chi connectivity index (χ2n) is 3.21. The lowest BCUT2D eigenvalue weighted by Gasteiger charge is -2.11. The van der Waals surface area contributed by atoms with E-state index in [4.69, 9.17) is 6.42 Å². The molecule has 1 rings (SSSR count). The van der Waals surface area contributed by atoms with E-state index in [0.29, 0.717) is 6.42 Å². The third-order valence-corrected chi connectivity index (χ3v) is 3.48. The summed E-state index contributed by atoms with van der Waals surface area (Å²) in [6, 6.07) is 4.20. The van der Waals surface area contributed by atoms with Gasteiger partial charge < -0.3 is 0 Å². The molecule has 0 aliphatic heterocycles. The maximum atomic E-state index is 12.9. The maximum absolute atomic E-state index is 12.9. The molecule has 1 aromatic carbocycles. The van der Waals surface area contributed by atoms with Gasteiger partial charge in [-0.15, -0.1) is 6.42 Å². The van der Waals surface area contributed by atoms with E-state index < -0.39 is 21.9 Å². The van der Waals surface area contributed by atoms with Crippen molar-refractivity contribution < 1.29 is 12.8 Å². The van der Waals surface area contributed by atoms with Gasteiger partial charge in [-0.25, -0.2) is 12.8 Å². The number of nitrogens with one attached hydrogen (secondary N) is 1. The topological polar surface area (TPSA) is 46.2 Å². The highest BCUT2D eigenvalue weighted by atomic mass is 32.2. The number of hydrogen-bond donors (Lipinski definition) is 1. The quantitative estimate of drug-likeness (QED) is 0.812. The molecule has 1 unspecified atom stereocenters. The third-order valence-electron chi connectivity index (χ3n) is 2.01. The number of sulfonamides is 1. The number of rotatable bonds is 4. The van der Waals surface area contributed by atoms with E-state index in [1.54, 1.807) is 6.92 Å². The molecule has 0 saturated heterocycles. The van der Waals surface area contributed by atoms with Gasteiger partial charge in [0.05, 0.1) is 10.9 Å². The standard InChI is InChI=1S/C11H12FNO2S/c1-3-10(4-2)13-16(14,15)11-7-5-6-9(12)8-11/h1,5-8,10,13H,4H2,2H3. The van der Waals surface area contributed by atoms with Crippen LogP contribution in [0.1, 0.15) is 13.3 Å². The minimum Gasteiger partial charge on any atom is -0.207 e. The first-order chi connectivity index (χ1) is 7.49. The highest BCUT2D eigenvalue weighted by molar-refractivity contribution is 7.89. The molecule has 0 spiro atoms. The van der Waals surface area contributed by atoms with E-state index >= 15 is 0 Å². The van der Waals surface area contributed by atoms with Crippen LogP contribution in [0, 0.1) is 18.2 Å². The zero-order chi connectivity index (χ0) is 12.2. The van der Waals surface area contributed by atoms with Crippen LogP contribution in [-0.4, -0.2) is 14.5 Å². The molecule has 16 heavy (non-hydrogen) atoms. The Morgan fingerprint density at radius 1 is 1.56 bits per heavy atom. The Balaban J connectivity index is 3.00. The Hall–Kier alpha value is -1.38. The minimum atomic E-state index is -3.74. The molecule has 0 bridgehead atoms. The summed E-state index contributed by atoms with van der Waals surface area (Å²) in [5.74, 6) is 1.71. The minimum absolute atomic E-state index is 0.124. The lowest BCUT2D eigenvalue weighted by Crippen LogP contribution is -2.33. The van der Waals surface area contributed by atoms with Crippen LogP contribution >= 0.6 is 0 Å². The number of terminal acetylenes is 1. The molecule has 0 heterocycles. The van der Waals surface area contributed by atoms with Crippen molar-refractivity contribution in [3.8, 4) is 12.3 Å². The molecule has 3 nitrogen and oxygen atoms in total. The molecule has 0 amide bonds. The zero-order valence-corrected chi connectivity index (χ0v) is 9.59. The van der Waals surface area contributed by atoms with Crippen molar-refractivity contribution in [3.05, 3.63) is 30.1 Å². The molecule has 0 fully saturated rings. The van der Waals surface area contributed by atoms with Crippen molar-refractivity contribution in [3.63, 3.8) is 0 Å². The first-order valence-electron chi connectivity index (χ1n) is 4.73. The summed E-state index contributed by atoms with van der Waals surface area (Å²) in [7, 11) is -3.74. The molecule has 0 aliphatic rings. The van der Waals surface area contributed by atoms with Crippen molar-refractivity contribution in [1.82, 2.24) is 4.72 Å². The third kappa shape index (κ3) is 3.05. The fourth-order valence-electron chi connectivity index (χ4n) is 1.12. The Labute approximate surface area is 94.7 Å². The van der Waals surface area contributed by atoms with Gasteiger partial charge in [0.1, 0.15) is 5.82 Å². The van der Waals surface area contributed by atoms with Gasteiger partial charge in [-0.3, -0.25) is 0 Å². The molecule has 0 radical (unpaired) electrons. The zero-order valence-electron chi connectivity index (χ0n) is 8.77. The second kappa shape index (κ2) is 5.10. The molecule has 1 N–H and O–H groups in total. The summed E-state index contributed by atoms with van der Waals surface area (Å²) in [5, 5.41) is 0. The fraction of sp³-hybridized carbons (Fsp3) is 0.273. The van der Waals surface area contributed by atoms with Crippen LogP contribution in [0.5, 0.6) is 0 Å². The number of hydrogen-bond acceptors (Lipinski definition) is 2. The Morgan fingerprint density at radius 3 is 2.75 bits per heavy atom. The molecule has 1 atom stereocenters. The summed E-state index contributed by atoms with van der Waals surface area (Å²) < 4.78 is 38.7. The van der Waals surface area contributed by atoms with Gasteiger partial charge >= 0.3 is 0 Å². The fourth-order valence-corrected chi connectivity index (χ4v) is 2.40. The van der Waals surface area contributed by atoms with Gasteiger partial charge in [-0.2, -0.15) is 4.72 Å². The average Bonchev–Trinajstić information content (AvgIpc) is 2.26. The van der Waals surface area contributed by atoms with Crippen molar-refractivity contribution in [2.45, 2.75) is 24.3 Å². The van der Waals surface area contributed by atoms with E-state index in [1.807, 2.05) is 0 Å². The maximum Gasteiger partial charge on any atom is 0.241 e. The van der Waals surface area contributed by atoms with Crippen molar-refractivity contribution in [2.24, 2.45) is 0 Å². The largest absolute Gasteiger partial charge is 0.241 e. The molecule has 0 aromatic heterocycles. The summed E-state index contributed by atoms with van der Waals surface area (Å²) >= 11 is 0. The molecular weight excluding hydrogens is 229 g/mol. The normalized spacial score (nSPS) is 13.1. The first kappa shape index (κ1) is 12.7. The van der Waals surface area contributed by atoms with Crippen LogP contribution in [0.25, 0.3) is 0 Å². The molecular formula is C11H12FNO2S. The van der Waals surface area contributed by atoms with Crippen molar-refractivity contribution >= 4 is 10.0 Å². The summed E-state index contributed by atoms with van der Waals surface area (Å²) in [5.41, 5.74) is 0. The smallest absolute Gasteiger partial charge is 0.207 e. The van der Waals surface area contributed by atoms with Gasteiger partial charge in [0.25, 0.3) is 0 Å². The Kier molecular flexibility index (Phi) is 4.05. The SMILES string of the molecule is C#CC(CC)NS(=O)(=O)c1cccc(F)c1. The van der Waals surface area contributed by atoms with Crippen LogP contribution in [0.3, 0.4) is 0 Å². The van der Waals surface area contributed by atoms with Crippen molar-refractivity contribution in [1.29, 1.82) is 0 Å². The molecule has 0 saturated carbocycles. The van der Waals surface area contributed by atoms with Gasteiger partial charge in [-0.1, -0.05) is 18.9 Å². The molecule has 86 valence electrons. The highest BCUT2D eigenvalue weighted by Crippen LogP contribution is 2.11. The van der Waals surface area contributed by atoms with Gasteiger partial charge in [-0.05, 0) is 24.6 Å². The van der Waals surface area contributed by atoms with E-state index in [0.717, 1.165) is 6.07 Å². The first-order valence-corrected chi connectivity index (χ1v) is 6.22. The predicted octanol–water partition coefficient (Wildman–Crippen LogP) is 1.52. The van der Waals surface area contributed by atoms with E-state index in [9.17, 15) is 12.8 Å². The monoisotopic (exact) mass is 241 g/mol. The lowest BCUT2D eigenvalue weighted by atomic mass is 10.3. The summed E-state index contributed by atoms with van der Waals surface area (Å²) in [6.45, 7) is 1.76.